The second-order valence-corrected chi connectivity index (χ2v) is 8.17. The Morgan fingerprint density at radius 1 is 1.14 bits per heavy atom. The molecule has 0 unspecified atom stereocenters. The lowest BCUT2D eigenvalue weighted by molar-refractivity contribution is 0.330. The summed E-state index contributed by atoms with van der Waals surface area (Å²) in [5.41, 5.74) is 0.728. The van der Waals surface area contributed by atoms with Gasteiger partial charge in [-0.15, -0.1) is 0 Å². The SMILES string of the molecule is CCC1CCC(Nc2ccccc2S(=O)(=O)N(C)C)CC1. The van der Waals surface area contributed by atoms with Crippen molar-refractivity contribution in [3.8, 4) is 0 Å². The summed E-state index contributed by atoms with van der Waals surface area (Å²) in [5, 5.41) is 3.45. The fraction of sp³-hybridized carbons (Fsp3) is 0.625. The van der Waals surface area contributed by atoms with Crippen LogP contribution in [0.5, 0.6) is 0 Å². The maximum absolute atomic E-state index is 12.4. The first-order chi connectivity index (χ1) is 9.95. The monoisotopic (exact) mass is 310 g/mol. The van der Waals surface area contributed by atoms with Gasteiger partial charge in [-0.3, -0.25) is 0 Å². The van der Waals surface area contributed by atoms with Crippen LogP contribution in [-0.2, 0) is 10.0 Å². The molecular formula is C16H26N2O2S. The number of para-hydroxylation sites is 1. The summed E-state index contributed by atoms with van der Waals surface area (Å²) in [4.78, 5) is 0.368. The largest absolute Gasteiger partial charge is 0.381 e. The van der Waals surface area contributed by atoms with Crippen molar-refractivity contribution in [2.75, 3.05) is 19.4 Å². The molecule has 0 aliphatic heterocycles. The van der Waals surface area contributed by atoms with E-state index in [4.69, 9.17) is 0 Å². The Morgan fingerprint density at radius 3 is 2.33 bits per heavy atom. The number of anilines is 1. The van der Waals surface area contributed by atoms with E-state index < -0.39 is 10.0 Å². The molecule has 0 bridgehead atoms. The number of hydrogen-bond acceptors (Lipinski definition) is 3. The molecule has 118 valence electrons. The molecule has 2 rings (SSSR count). The Balaban J connectivity index is 2.15. The van der Waals surface area contributed by atoms with Crippen LogP contribution in [0, 0.1) is 5.92 Å². The number of hydrogen-bond donors (Lipinski definition) is 1. The van der Waals surface area contributed by atoms with E-state index in [2.05, 4.69) is 12.2 Å². The Hall–Kier alpha value is -1.07. The van der Waals surface area contributed by atoms with E-state index in [1.54, 1.807) is 26.2 Å². The second kappa shape index (κ2) is 6.79. The molecular weight excluding hydrogens is 284 g/mol. The number of benzene rings is 1. The van der Waals surface area contributed by atoms with E-state index in [9.17, 15) is 8.42 Å². The van der Waals surface area contributed by atoms with Crippen LogP contribution in [0.15, 0.2) is 29.2 Å². The Kier molecular flexibility index (Phi) is 5.27. The molecule has 21 heavy (non-hydrogen) atoms. The molecule has 0 spiro atoms. The summed E-state index contributed by atoms with van der Waals surface area (Å²) in [6.45, 7) is 2.25. The number of nitrogens with one attached hydrogen (secondary N) is 1. The first-order valence-corrected chi connectivity index (χ1v) is 9.17. The van der Waals surface area contributed by atoms with E-state index in [0.717, 1.165) is 24.4 Å². The summed E-state index contributed by atoms with van der Waals surface area (Å²) in [5.74, 6) is 0.837. The summed E-state index contributed by atoms with van der Waals surface area (Å²) in [6, 6.07) is 7.58. The zero-order valence-electron chi connectivity index (χ0n) is 13.2. The second-order valence-electron chi connectivity index (χ2n) is 6.05. The lowest BCUT2D eigenvalue weighted by Gasteiger charge is -2.30. The van der Waals surface area contributed by atoms with Crippen LogP contribution in [0.3, 0.4) is 0 Å². The molecule has 0 radical (unpaired) electrons. The number of rotatable bonds is 5. The first-order valence-electron chi connectivity index (χ1n) is 7.73. The van der Waals surface area contributed by atoms with E-state index in [-0.39, 0.29) is 0 Å². The standard InChI is InChI=1S/C16H26N2O2S/c1-4-13-9-11-14(12-10-13)17-15-7-5-6-8-16(15)21(19,20)18(2)3/h5-8,13-14,17H,4,9-12H2,1-3H3. The molecule has 0 amide bonds. The normalized spacial score (nSPS) is 23.2. The third kappa shape index (κ3) is 3.77. The van der Waals surface area contributed by atoms with Gasteiger partial charge in [0.05, 0.1) is 5.69 Å². The quantitative estimate of drug-likeness (QED) is 0.907. The highest BCUT2D eigenvalue weighted by atomic mass is 32.2. The highest BCUT2D eigenvalue weighted by Gasteiger charge is 2.24. The van der Waals surface area contributed by atoms with Crippen LogP contribution in [0.4, 0.5) is 5.69 Å². The van der Waals surface area contributed by atoms with Crippen molar-refractivity contribution in [1.29, 1.82) is 0 Å². The molecule has 1 aliphatic carbocycles. The molecule has 1 saturated carbocycles. The van der Waals surface area contributed by atoms with Gasteiger partial charge >= 0.3 is 0 Å². The molecule has 1 aromatic rings. The van der Waals surface area contributed by atoms with E-state index in [1.165, 1.54) is 23.6 Å². The van der Waals surface area contributed by atoms with Crippen LogP contribution < -0.4 is 5.32 Å². The van der Waals surface area contributed by atoms with Gasteiger partial charge in [0.25, 0.3) is 0 Å². The Morgan fingerprint density at radius 2 is 1.76 bits per heavy atom. The molecule has 0 saturated heterocycles. The summed E-state index contributed by atoms with van der Waals surface area (Å²) >= 11 is 0. The van der Waals surface area contributed by atoms with Crippen molar-refractivity contribution >= 4 is 15.7 Å². The minimum atomic E-state index is -3.40. The van der Waals surface area contributed by atoms with Gasteiger partial charge in [0.2, 0.25) is 10.0 Å². The van der Waals surface area contributed by atoms with Crippen LogP contribution in [0.25, 0.3) is 0 Å². The van der Waals surface area contributed by atoms with Gasteiger partial charge in [-0.1, -0.05) is 25.5 Å². The predicted octanol–water partition coefficient (Wildman–Crippen LogP) is 3.32. The lowest BCUT2D eigenvalue weighted by atomic mass is 9.84. The number of nitrogens with zero attached hydrogens (tertiary/aromatic N) is 1. The van der Waals surface area contributed by atoms with E-state index in [0.29, 0.717) is 10.9 Å². The Labute approximate surface area is 128 Å². The zero-order valence-corrected chi connectivity index (χ0v) is 14.0. The smallest absolute Gasteiger partial charge is 0.244 e. The average molecular weight is 310 g/mol. The molecule has 1 aliphatic rings. The van der Waals surface area contributed by atoms with Crippen molar-refractivity contribution in [3.05, 3.63) is 24.3 Å². The molecule has 1 fully saturated rings. The van der Waals surface area contributed by atoms with Crippen molar-refractivity contribution in [3.63, 3.8) is 0 Å². The van der Waals surface area contributed by atoms with Crippen molar-refractivity contribution < 1.29 is 8.42 Å². The maximum atomic E-state index is 12.4. The third-order valence-electron chi connectivity index (χ3n) is 4.43. The fourth-order valence-corrected chi connectivity index (χ4v) is 3.99. The highest BCUT2D eigenvalue weighted by Crippen LogP contribution is 2.30. The average Bonchev–Trinajstić information content (AvgIpc) is 2.48. The molecule has 5 heteroatoms. The van der Waals surface area contributed by atoms with Crippen LogP contribution in [0.2, 0.25) is 0 Å². The van der Waals surface area contributed by atoms with Gasteiger partial charge < -0.3 is 5.32 Å². The molecule has 0 aromatic heterocycles. The van der Waals surface area contributed by atoms with Gasteiger partial charge in [-0.05, 0) is 43.7 Å². The summed E-state index contributed by atoms with van der Waals surface area (Å²) in [7, 11) is -0.267. The summed E-state index contributed by atoms with van der Waals surface area (Å²) in [6.07, 6.45) is 5.95. The van der Waals surface area contributed by atoms with Gasteiger partial charge in [-0.25, -0.2) is 12.7 Å². The summed E-state index contributed by atoms with van der Waals surface area (Å²) < 4.78 is 26.0. The van der Waals surface area contributed by atoms with Crippen molar-refractivity contribution in [1.82, 2.24) is 4.31 Å². The predicted molar refractivity (Wildman–Crippen MR) is 87.0 cm³/mol. The van der Waals surface area contributed by atoms with Crippen molar-refractivity contribution in [2.24, 2.45) is 5.92 Å². The van der Waals surface area contributed by atoms with Gasteiger partial charge in [0.1, 0.15) is 4.90 Å². The first kappa shape index (κ1) is 16.3. The topological polar surface area (TPSA) is 49.4 Å². The lowest BCUT2D eigenvalue weighted by Crippen LogP contribution is -2.28. The van der Waals surface area contributed by atoms with Gasteiger partial charge in [0, 0.05) is 20.1 Å². The minimum absolute atomic E-state index is 0.368. The minimum Gasteiger partial charge on any atom is -0.381 e. The third-order valence-corrected chi connectivity index (χ3v) is 6.30. The number of sulfonamides is 1. The Bertz CT molecular complexity index is 561. The van der Waals surface area contributed by atoms with Crippen molar-refractivity contribution in [2.45, 2.75) is 50.0 Å². The van der Waals surface area contributed by atoms with E-state index in [1.807, 2.05) is 12.1 Å². The van der Waals surface area contributed by atoms with E-state index >= 15 is 0 Å². The maximum Gasteiger partial charge on any atom is 0.244 e. The molecule has 4 nitrogen and oxygen atoms in total. The van der Waals surface area contributed by atoms with Crippen LogP contribution in [-0.4, -0.2) is 32.9 Å². The van der Waals surface area contributed by atoms with Crippen LogP contribution >= 0.6 is 0 Å². The van der Waals surface area contributed by atoms with Gasteiger partial charge in [0.15, 0.2) is 0 Å². The molecule has 1 N–H and O–H groups in total. The van der Waals surface area contributed by atoms with Crippen LogP contribution in [0.1, 0.15) is 39.0 Å². The zero-order chi connectivity index (χ0) is 15.5. The molecule has 0 atom stereocenters. The molecule has 1 aromatic carbocycles. The molecule has 0 heterocycles. The van der Waals surface area contributed by atoms with Gasteiger partial charge in [-0.2, -0.15) is 0 Å². The fourth-order valence-electron chi connectivity index (χ4n) is 2.94. The highest BCUT2D eigenvalue weighted by molar-refractivity contribution is 7.89.